The van der Waals surface area contributed by atoms with Gasteiger partial charge >= 0.3 is 0 Å². The summed E-state index contributed by atoms with van der Waals surface area (Å²) in [6, 6.07) is 6.76. The number of carbonyl (C=O) groups excluding carboxylic acids is 3. The first kappa shape index (κ1) is 23.9. The third-order valence-electron chi connectivity index (χ3n) is 5.69. The number of amides is 3. The number of hydrogen-bond donors (Lipinski definition) is 1. The van der Waals surface area contributed by atoms with Crippen molar-refractivity contribution in [2.24, 2.45) is 5.92 Å². The summed E-state index contributed by atoms with van der Waals surface area (Å²) < 4.78 is 0. The third-order valence-corrected chi connectivity index (χ3v) is 5.69. The summed E-state index contributed by atoms with van der Waals surface area (Å²) in [6.45, 7) is 14.1. The number of aryl methyl sites for hydroxylation is 1. The molecule has 7 nitrogen and oxygen atoms in total. The van der Waals surface area contributed by atoms with E-state index in [0.29, 0.717) is 51.4 Å². The van der Waals surface area contributed by atoms with Crippen molar-refractivity contribution in [2.45, 2.75) is 40.7 Å². The summed E-state index contributed by atoms with van der Waals surface area (Å²) in [5.41, 5.74) is 1.64. The van der Waals surface area contributed by atoms with E-state index in [2.05, 4.69) is 10.2 Å². The molecule has 1 atom stereocenters. The van der Waals surface area contributed by atoms with Crippen LogP contribution < -0.4 is 5.32 Å². The maximum absolute atomic E-state index is 13.1. The van der Waals surface area contributed by atoms with Crippen LogP contribution in [0.2, 0.25) is 0 Å². The van der Waals surface area contributed by atoms with Gasteiger partial charge in [-0.1, -0.05) is 31.5 Å². The summed E-state index contributed by atoms with van der Waals surface area (Å²) in [7, 11) is 0. The second kappa shape index (κ2) is 11.1. The van der Waals surface area contributed by atoms with Crippen LogP contribution in [0.15, 0.2) is 24.3 Å². The quantitative estimate of drug-likeness (QED) is 0.701. The molecule has 0 radical (unpaired) electrons. The molecule has 30 heavy (non-hydrogen) atoms. The molecule has 1 N–H and O–H groups in total. The van der Waals surface area contributed by atoms with E-state index in [4.69, 9.17) is 0 Å². The van der Waals surface area contributed by atoms with Gasteiger partial charge in [0.05, 0.1) is 6.54 Å². The van der Waals surface area contributed by atoms with Crippen LogP contribution in [-0.2, 0) is 9.59 Å². The highest BCUT2D eigenvalue weighted by Crippen LogP contribution is 2.12. The minimum absolute atomic E-state index is 0.0193. The number of nitrogens with zero attached hydrogens (tertiary/aromatic N) is 3. The molecule has 2 rings (SSSR count). The van der Waals surface area contributed by atoms with Gasteiger partial charge in [-0.15, -0.1) is 0 Å². The van der Waals surface area contributed by atoms with Crippen LogP contribution in [0.5, 0.6) is 0 Å². The van der Waals surface area contributed by atoms with E-state index in [1.54, 1.807) is 17.0 Å². The van der Waals surface area contributed by atoms with E-state index in [9.17, 15) is 14.4 Å². The maximum Gasteiger partial charge on any atom is 0.251 e. The van der Waals surface area contributed by atoms with Gasteiger partial charge in [0.1, 0.15) is 6.04 Å². The molecule has 166 valence electrons. The van der Waals surface area contributed by atoms with E-state index in [1.807, 2.05) is 51.7 Å². The second-order valence-electron chi connectivity index (χ2n) is 8.23. The van der Waals surface area contributed by atoms with Gasteiger partial charge in [-0.25, -0.2) is 0 Å². The number of nitrogens with one attached hydrogen (secondary N) is 1. The molecule has 1 aliphatic heterocycles. The van der Waals surface area contributed by atoms with Gasteiger partial charge in [0.15, 0.2) is 0 Å². The van der Waals surface area contributed by atoms with Crippen molar-refractivity contribution in [1.82, 2.24) is 20.0 Å². The highest BCUT2D eigenvalue weighted by Gasteiger charge is 2.31. The fourth-order valence-electron chi connectivity index (χ4n) is 3.63. The van der Waals surface area contributed by atoms with Crippen molar-refractivity contribution in [3.05, 3.63) is 35.4 Å². The Morgan fingerprint density at radius 2 is 1.57 bits per heavy atom. The molecular formula is C23H36N4O3. The smallest absolute Gasteiger partial charge is 0.251 e. The topological polar surface area (TPSA) is 73.0 Å². The van der Waals surface area contributed by atoms with Crippen molar-refractivity contribution in [3.63, 3.8) is 0 Å². The van der Waals surface area contributed by atoms with E-state index >= 15 is 0 Å². The zero-order chi connectivity index (χ0) is 22.3. The lowest BCUT2D eigenvalue weighted by Crippen LogP contribution is -2.57. The number of benzene rings is 1. The highest BCUT2D eigenvalue weighted by molar-refractivity contribution is 5.97. The van der Waals surface area contributed by atoms with Crippen molar-refractivity contribution in [2.75, 3.05) is 45.8 Å². The Labute approximate surface area is 180 Å². The van der Waals surface area contributed by atoms with E-state index in [-0.39, 0.29) is 23.6 Å². The largest absolute Gasteiger partial charge is 0.342 e. The van der Waals surface area contributed by atoms with E-state index in [1.165, 1.54) is 0 Å². The second-order valence-corrected chi connectivity index (χ2v) is 8.23. The highest BCUT2D eigenvalue weighted by atomic mass is 16.2. The normalized spacial score (nSPS) is 15.7. The Bertz CT molecular complexity index is 720. The minimum Gasteiger partial charge on any atom is -0.342 e. The zero-order valence-corrected chi connectivity index (χ0v) is 19.0. The van der Waals surface area contributed by atoms with Crippen LogP contribution in [0.3, 0.4) is 0 Å². The average molecular weight is 417 g/mol. The molecule has 7 heteroatoms. The fourth-order valence-corrected chi connectivity index (χ4v) is 3.63. The molecule has 0 aliphatic carbocycles. The maximum atomic E-state index is 13.1. The average Bonchev–Trinajstić information content (AvgIpc) is 2.73. The molecule has 1 aromatic carbocycles. The van der Waals surface area contributed by atoms with Crippen molar-refractivity contribution < 1.29 is 14.4 Å². The predicted molar refractivity (Wildman–Crippen MR) is 118 cm³/mol. The molecule has 1 saturated heterocycles. The fraction of sp³-hybridized carbons (Fsp3) is 0.609. The minimum atomic E-state index is -0.567. The Balaban J connectivity index is 1.93. The molecule has 1 unspecified atom stereocenters. The van der Waals surface area contributed by atoms with Gasteiger partial charge in [0, 0.05) is 44.8 Å². The molecule has 0 bridgehead atoms. The summed E-state index contributed by atoms with van der Waals surface area (Å²) >= 11 is 0. The monoisotopic (exact) mass is 416 g/mol. The van der Waals surface area contributed by atoms with Crippen LogP contribution >= 0.6 is 0 Å². The van der Waals surface area contributed by atoms with Gasteiger partial charge in [-0.3, -0.25) is 19.3 Å². The van der Waals surface area contributed by atoms with Crippen molar-refractivity contribution >= 4 is 17.7 Å². The zero-order valence-electron chi connectivity index (χ0n) is 19.0. The van der Waals surface area contributed by atoms with Crippen LogP contribution in [0.4, 0.5) is 0 Å². The number of hydrogen-bond acceptors (Lipinski definition) is 4. The summed E-state index contributed by atoms with van der Waals surface area (Å²) in [5, 5.41) is 2.92. The number of piperazine rings is 1. The third kappa shape index (κ3) is 6.29. The predicted octanol–water partition coefficient (Wildman–Crippen LogP) is 1.76. The van der Waals surface area contributed by atoms with Crippen LogP contribution in [0.1, 0.15) is 43.6 Å². The van der Waals surface area contributed by atoms with Gasteiger partial charge in [0.2, 0.25) is 11.8 Å². The van der Waals surface area contributed by atoms with Crippen LogP contribution in [0.25, 0.3) is 0 Å². The summed E-state index contributed by atoms with van der Waals surface area (Å²) in [5.74, 6) is -0.176. The van der Waals surface area contributed by atoms with Crippen molar-refractivity contribution in [1.29, 1.82) is 0 Å². The Hall–Kier alpha value is -2.41. The van der Waals surface area contributed by atoms with Crippen LogP contribution in [0, 0.1) is 12.8 Å². The van der Waals surface area contributed by atoms with E-state index < -0.39 is 6.04 Å². The van der Waals surface area contributed by atoms with Crippen molar-refractivity contribution in [3.8, 4) is 0 Å². The molecule has 0 saturated carbocycles. The SMILES string of the molecule is CCN(CC)C(=O)CN1CCN(C(=O)C(NC(=O)c2ccc(C)cc2)C(C)C)CC1. The summed E-state index contributed by atoms with van der Waals surface area (Å²) in [6.07, 6.45) is 0. The molecule has 0 aromatic heterocycles. The summed E-state index contributed by atoms with van der Waals surface area (Å²) in [4.78, 5) is 43.8. The Kier molecular flexibility index (Phi) is 8.84. The first-order valence-electron chi connectivity index (χ1n) is 10.9. The molecule has 1 fully saturated rings. The standard InChI is InChI=1S/C23H36N4O3/c1-6-26(7-2)20(28)16-25-12-14-27(15-13-25)23(30)21(17(3)4)24-22(29)19-10-8-18(5)9-11-19/h8-11,17,21H,6-7,12-16H2,1-5H3,(H,24,29). The van der Waals surface area contributed by atoms with Crippen LogP contribution in [-0.4, -0.2) is 84.3 Å². The lowest BCUT2D eigenvalue weighted by Gasteiger charge is -2.37. The first-order valence-corrected chi connectivity index (χ1v) is 10.9. The molecule has 1 heterocycles. The Morgan fingerprint density at radius 3 is 2.07 bits per heavy atom. The Morgan fingerprint density at radius 1 is 1.00 bits per heavy atom. The lowest BCUT2D eigenvalue weighted by atomic mass is 10.0. The van der Waals surface area contributed by atoms with Gasteiger partial charge < -0.3 is 15.1 Å². The molecular weight excluding hydrogens is 380 g/mol. The molecule has 3 amide bonds. The molecule has 1 aliphatic rings. The van der Waals surface area contributed by atoms with Gasteiger partial charge in [0.25, 0.3) is 5.91 Å². The lowest BCUT2D eigenvalue weighted by molar-refractivity contribution is -0.137. The van der Waals surface area contributed by atoms with E-state index in [0.717, 1.165) is 5.56 Å². The van der Waals surface area contributed by atoms with Gasteiger partial charge in [-0.05, 0) is 38.8 Å². The number of likely N-dealkylation sites (N-methyl/N-ethyl adjacent to an activating group) is 1. The number of rotatable bonds is 8. The van der Waals surface area contributed by atoms with Gasteiger partial charge in [-0.2, -0.15) is 0 Å². The first-order chi connectivity index (χ1) is 14.3. The molecule has 1 aromatic rings. The number of carbonyl (C=O) groups is 3. The molecule has 0 spiro atoms.